The highest BCUT2D eigenvalue weighted by atomic mass is 35.5. The van der Waals surface area contributed by atoms with Gasteiger partial charge in [0.1, 0.15) is 18.2 Å². The number of hydrogen-bond acceptors (Lipinski definition) is 2. The highest BCUT2D eigenvalue weighted by Crippen LogP contribution is 2.35. The molecule has 1 aliphatic rings. The van der Waals surface area contributed by atoms with Gasteiger partial charge in [-0.05, 0) is 35.9 Å². The first kappa shape index (κ1) is 11.4. The molecule has 2 nitrogen and oxygen atoms in total. The van der Waals surface area contributed by atoms with E-state index in [1.54, 1.807) is 12.1 Å². The molecule has 0 fully saturated rings. The Balaban J connectivity index is 1.90. The van der Waals surface area contributed by atoms with Gasteiger partial charge in [0.05, 0.1) is 11.7 Å². The third-order valence-corrected chi connectivity index (χ3v) is 3.16. The van der Waals surface area contributed by atoms with E-state index >= 15 is 0 Å². The van der Waals surface area contributed by atoms with Gasteiger partial charge in [0.2, 0.25) is 0 Å². The molecular formula is C14H11ClFNO. The summed E-state index contributed by atoms with van der Waals surface area (Å²) in [7, 11) is 0. The van der Waals surface area contributed by atoms with Gasteiger partial charge < -0.3 is 10.1 Å². The van der Waals surface area contributed by atoms with E-state index in [1.807, 2.05) is 18.2 Å². The first-order valence-electron chi connectivity index (χ1n) is 5.67. The largest absolute Gasteiger partial charge is 0.489 e. The number of benzene rings is 2. The lowest BCUT2D eigenvalue weighted by molar-refractivity contribution is 0.286. The van der Waals surface area contributed by atoms with Crippen LogP contribution in [0.3, 0.4) is 0 Å². The molecule has 1 heterocycles. The second kappa shape index (κ2) is 4.50. The smallest absolute Gasteiger partial charge is 0.142 e. The Hall–Kier alpha value is -1.74. The number of hydrogen-bond donors (Lipinski definition) is 1. The zero-order valence-corrected chi connectivity index (χ0v) is 10.2. The predicted molar refractivity (Wildman–Crippen MR) is 69.7 cm³/mol. The Morgan fingerprint density at radius 1 is 1.22 bits per heavy atom. The molecule has 2 aromatic carbocycles. The number of ether oxygens (including phenoxy) is 1. The molecule has 0 bridgehead atoms. The van der Waals surface area contributed by atoms with Crippen molar-refractivity contribution in [3.8, 4) is 5.75 Å². The lowest BCUT2D eigenvalue weighted by atomic mass is 10.1. The van der Waals surface area contributed by atoms with Gasteiger partial charge in [0.25, 0.3) is 0 Å². The van der Waals surface area contributed by atoms with Crippen molar-refractivity contribution in [3.05, 3.63) is 58.9 Å². The fraction of sp³-hybridized carbons (Fsp3) is 0.143. The zero-order chi connectivity index (χ0) is 12.5. The molecule has 0 radical (unpaired) electrons. The first-order chi connectivity index (χ1) is 8.72. The van der Waals surface area contributed by atoms with Crippen LogP contribution in [-0.2, 0) is 0 Å². The molecule has 0 saturated carbocycles. The Morgan fingerprint density at radius 3 is 2.94 bits per heavy atom. The van der Waals surface area contributed by atoms with Crippen molar-refractivity contribution in [3.63, 3.8) is 0 Å². The van der Waals surface area contributed by atoms with Crippen LogP contribution in [0.15, 0.2) is 42.5 Å². The lowest BCUT2D eigenvalue weighted by Gasteiger charge is -2.27. The molecule has 0 aliphatic carbocycles. The summed E-state index contributed by atoms with van der Waals surface area (Å²) in [6.45, 7) is 0.470. The van der Waals surface area contributed by atoms with E-state index in [0.29, 0.717) is 11.6 Å². The number of rotatable bonds is 1. The van der Waals surface area contributed by atoms with E-state index in [4.69, 9.17) is 16.3 Å². The van der Waals surface area contributed by atoms with Gasteiger partial charge in [-0.3, -0.25) is 0 Å². The van der Waals surface area contributed by atoms with Crippen molar-refractivity contribution in [1.82, 2.24) is 0 Å². The Bertz CT molecular complexity index is 588. The summed E-state index contributed by atoms with van der Waals surface area (Å²) in [5.74, 6) is 0.526. The van der Waals surface area contributed by atoms with E-state index in [0.717, 1.165) is 17.0 Å². The third-order valence-electron chi connectivity index (χ3n) is 2.93. The Morgan fingerprint density at radius 2 is 2.11 bits per heavy atom. The van der Waals surface area contributed by atoms with Crippen LogP contribution in [0, 0.1) is 5.82 Å². The maximum absolute atomic E-state index is 13.2. The molecule has 0 unspecified atom stereocenters. The maximum Gasteiger partial charge on any atom is 0.142 e. The highest BCUT2D eigenvalue weighted by molar-refractivity contribution is 6.30. The topological polar surface area (TPSA) is 21.3 Å². The van der Waals surface area contributed by atoms with Gasteiger partial charge in [-0.1, -0.05) is 23.7 Å². The van der Waals surface area contributed by atoms with Gasteiger partial charge >= 0.3 is 0 Å². The van der Waals surface area contributed by atoms with Crippen molar-refractivity contribution in [2.45, 2.75) is 6.04 Å². The molecule has 0 amide bonds. The number of halogens is 2. The van der Waals surface area contributed by atoms with E-state index in [-0.39, 0.29) is 11.9 Å². The molecule has 18 heavy (non-hydrogen) atoms. The minimum atomic E-state index is -0.244. The SMILES string of the molecule is Fc1cccc([C@H]2COc3ccc(Cl)cc3N2)c1. The molecule has 4 heteroatoms. The standard InChI is InChI=1S/C14H11ClFNO/c15-10-4-5-14-12(7-10)17-13(8-18-14)9-2-1-3-11(16)6-9/h1-7,13,17H,8H2/t13-/m1/s1. The van der Waals surface area contributed by atoms with Crippen LogP contribution in [0.5, 0.6) is 5.75 Å². The molecule has 2 aromatic rings. The minimum Gasteiger partial charge on any atom is -0.489 e. The maximum atomic E-state index is 13.2. The van der Waals surface area contributed by atoms with E-state index in [9.17, 15) is 4.39 Å². The van der Waals surface area contributed by atoms with Gasteiger partial charge in [-0.25, -0.2) is 4.39 Å². The van der Waals surface area contributed by atoms with E-state index in [1.165, 1.54) is 12.1 Å². The monoisotopic (exact) mass is 263 g/mol. The van der Waals surface area contributed by atoms with Gasteiger partial charge in [0.15, 0.2) is 0 Å². The Kier molecular flexibility index (Phi) is 2.84. The summed E-state index contributed by atoms with van der Waals surface area (Å²) in [5.41, 5.74) is 1.70. The molecule has 1 atom stereocenters. The first-order valence-corrected chi connectivity index (χ1v) is 6.04. The highest BCUT2D eigenvalue weighted by Gasteiger charge is 2.20. The number of fused-ring (bicyclic) bond motifs is 1. The van der Waals surface area contributed by atoms with Crippen LogP contribution >= 0.6 is 11.6 Å². The van der Waals surface area contributed by atoms with Crippen molar-refractivity contribution < 1.29 is 9.13 Å². The summed E-state index contributed by atoms with van der Waals surface area (Å²) < 4.78 is 18.8. The zero-order valence-electron chi connectivity index (χ0n) is 9.49. The summed E-state index contributed by atoms with van der Waals surface area (Å²) >= 11 is 5.94. The summed E-state index contributed by atoms with van der Waals surface area (Å²) in [6.07, 6.45) is 0. The van der Waals surface area contributed by atoms with Crippen LogP contribution in [0.25, 0.3) is 0 Å². The third kappa shape index (κ3) is 2.14. The average Bonchev–Trinajstić information content (AvgIpc) is 2.38. The van der Waals surface area contributed by atoms with E-state index < -0.39 is 0 Å². The summed E-state index contributed by atoms with van der Waals surface area (Å²) in [5, 5.41) is 3.95. The minimum absolute atomic E-state index is 0.0633. The van der Waals surface area contributed by atoms with Crippen molar-refractivity contribution in [1.29, 1.82) is 0 Å². The van der Waals surface area contributed by atoms with Crippen molar-refractivity contribution >= 4 is 17.3 Å². The second-order valence-corrected chi connectivity index (χ2v) is 4.64. The van der Waals surface area contributed by atoms with Crippen LogP contribution in [0.4, 0.5) is 10.1 Å². The van der Waals surface area contributed by atoms with Gasteiger partial charge in [-0.2, -0.15) is 0 Å². The predicted octanol–water partition coefficient (Wildman–Crippen LogP) is 4.02. The second-order valence-electron chi connectivity index (χ2n) is 4.20. The van der Waals surface area contributed by atoms with Gasteiger partial charge in [-0.15, -0.1) is 0 Å². The fourth-order valence-electron chi connectivity index (χ4n) is 2.05. The lowest BCUT2D eigenvalue weighted by Crippen LogP contribution is -2.23. The molecule has 3 rings (SSSR count). The summed E-state index contributed by atoms with van der Waals surface area (Å²) in [6, 6.07) is 11.9. The molecular weight excluding hydrogens is 253 g/mol. The molecule has 0 aromatic heterocycles. The van der Waals surface area contributed by atoms with Crippen LogP contribution in [0.1, 0.15) is 11.6 Å². The molecule has 1 N–H and O–H groups in total. The average molecular weight is 264 g/mol. The fourth-order valence-corrected chi connectivity index (χ4v) is 2.22. The number of nitrogens with one attached hydrogen (secondary N) is 1. The number of anilines is 1. The normalized spacial score (nSPS) is 17.6. The quantitative estimate of drug-likeness (QED) is 0.839. The van der Waals surface area contributed by atoms with Crippen LogP contribution in [0.2, 0.25) is 5.02 Å². The molecule has 0 saturated heterocycles. The molecule has 1 aliphatic heterocycles. The van der Waals surface area contributed by atoms with E-state index in [2.05, 4.69) is 5.32 Å². The van der Waals surface area contributed by atoms with Gasteiger partial charge in [0, 0.05) is 5.02 Å². The summed E-state index contributed by atoms with van der Waals surface area (Å²) in [4.78, 5) is 0. The van der Waals surface area contributed by atoms with Crippen molar-refractivity contribution in [2.24, 2.45) is 0 Å². The molecule has 92 valence electrons. The molecule has 0 spiro atoms. The Labute approximate surface area is 109 Å². The van der Waals surface area contributed by atoms with Crippen LogP contribution in [-0.4, -0.2) is 6.61 Å². The van der Waals surface area contributed by atoms with Crippen molar-refractivity contribution in [2.75, 3.05) is 11.9 Å². The van der Waals surface area contributed by atoms with Crippen LogP contribution < -0.4 is 10.1 Å².